The lowest BCUT2D eigenvalue weighted by Gasteiger charge is -2.35. The molecule has 8 heteroatoms. The van der Waals surface area contributed by atoms with E-state index in [9.17, 15) is 4.79 Å². The Kier molecular flexibility index (Phi) is 6.91. The Morgan fingerprint density at radius 2 is 1.73 bits per heavy atom. The van der Waals surface area contributed by atoms with Crippen LogP contribution in [-0.4, -0.2) is 58.7 Å². The highest BCUT2D eigenvalue weighted by atomic mass is 16.5. The molecule has 0 atom stereocenters. The predicted molar refractivity (Wildman–Crippen MR) is 126 cm³/mol. The van der Waals surface area contributed by atoms with Gasteiger partial charge in [0.05, 0.1) is 0 Å². The molecular weight excluding hydrogens is 418 g/mol. The van der Waals surface area contributed by atoms with Crippen molar-refractivity contribution in [2.45, 2.75) is 39.5 Å². The molecule has 0 aliphatic carbocycles. The van der Waals surface area contributed by atoms with Gasteiger partial charge in [-0.2, -0.15) is 4.98 Å². The number of carbonyl (C=O) groups excluding carboxylic acids is 1. The number of benzene rings is 1. The molecular formula is C25H31N5O3. The van der Waals surface area contributed by atoms with E-state index >= 15 is 0 Å². The van der Waals surface area contributed by atoms with Crippen molar-refractivity contribution in [3.63, 3.8) is 0 Å². The van der Waals surface area contributed by atoms with Gasteiger partial charge in [0.25, 0.3) is 5.91 Å². The van der Waals surface area contributed by atoms with Crippen LogP contribution in [0.25, 0.3) is 11.4 Å². The summed E-state index contributed by atoms with van der Waals surface area (Å²) in [5.74, 6) is 3.42. The van der Waals surface area contributed by atoms with Gasteiger partial charge in [-0.3, -0.25) is 4.79 Å². The third-order valence-electron chi connectivity index (χ3n) is 5.81. The standard InChI is InChI=1S/C25H31N5O3/c1-17(2)19-5-8-21(9-6-19)32-16-23(31)30-13-11-29(12-14-30)22-10-7-20(15-26-22)24-27-25(18(3)4)33-28-24/h5-10,15,17-18H,11-14,16H2,1-4H3. The Balaban J connectivity index is 1.27. The molecule has 2 aromatic heterocycles. The molecule has 8 nitrogen and oxygen atoms in total. The molecule has 1 aromatic carbocycles. The highest BCUT2D eigenvalue weighted by molar-refractivity contribution is 5.78. The van der Waals surface area contributed by atoms with E-state index in [0.717, 1.165) is 30.2 Å². The van der Waals surface area contributed by atoms with Gasteiger partial charge in [-0.15, -0.1) is 0 Å². The first kappa shape index (κ1) is 22.8. The molecule has 3 heterocycles. The predicted octanol–water partition coefficient (Wildman–Crippen LogP) is 4.11. The zero-order chi connectivity index (χ0) is 23.4. The first-order valence-corrected chi connectivity index (χ1v) is 11.5. The lowest BCUT2D eigenvalue weighted by molar-refractivity contribution is -0.133. The number of ether oxygens (including phenoxy) is 1. The Morgan fingerprint density at radius 1 is 1.00 bits per heavy atom. The summed E-state index contributed by atoms with van der Waals surface area (Å²) >= 11 is 0. The van der Waals surface area contributed by atoms with E-state index in [-0.39, 0.29) is 18.4 Å². The maximum Gasteiger partial charge on any atom is 0.260 e. The second-order valence-corrected chi connectivity index (χ2v) is 8.90. The Labute approximate surface area is 194 Å². The fourth-order valence-electron chi connectivity index (χ4n) is 3.66. The molecule has 0 bridgehead atoms. The minimum atomic E-state index is 0.00366. The quantitative estimate of drug-likeness (QED) is 0.537. The average molecular weight is 450 g/mol. The van der Waals surface area contributed by atoms with Gasteiger partial charge in [-0.25, -0.2) is 4.98 Å². The molecule has 1 saturated heterocycles. The molecule has 3 aromatic rings. The van der Waals surface area contributed by atoms with Crippen LogP contribution in [0.15, 0.2) is 47.1 Å². The van der Waals surface area contributed by atoms with Gasteiger partial charge in [-0.1, -0.05) is 45.0 Å². The second-order valence-electron chi connectivity index (χ2n) is 8.90. The normalized spacial score (nSPS) is 14.2. The summed E-state index contributed by atoms with van der Waals surface area (Å²) in [6, 6.07) is 11.9. The summed E-state index contributed by atoms with van der Waals surface area (Å²) in [7, 11) is 0. The fraction of sp³-hybridized carbons (Fsp3) is 0.440. The Morgan fingerprint density at radius 3 is 2.30 bits per heavy atom. The smallest absolute Gasteiger partial charge is 0.260 e. The molecule has 0 saturated carbocycles. The third-order valence-corrected chi connectivity index (χ3v) is 5.81. The molecule has 1 aliphatic rings. The number of hydrogen-bond acceptors (Lipinski definition) is 7. The van der Waals surface area contributed by atoms with Gasteiger partial charge in [0.1, 0.15) is 11.6 Å². The van der Waals surface area contributed by atoms with Crippen LogP contribution >= 0.6 is 0 Å². The first-order valence-electron chi connectivity index (χ1n) is 11.5. The topological polar surface area (TPSA) is 84.6 Å². The lowest BCUT2D eigenvalue weighted by Crippen LogP contribution is -2.50. The number of amides is 1. The van der Waals surface area contributed by atoms with Gasteiger partial charge in [0, 0.05) is 43.9 Å². The average Bonchev–Trinajstić information content (AvgIpc) is 3.34. The van der Waals surface area contributed by atoms with Gasteiger partial charge >= 0.3 is 0 Å². The number of nitrogens with zero attached hydrogens (tertiary/aromatic N) is 5. The van der Waals surface area contributed by atoms with Crippen LogP contribution in [0.3, 0.4) is 0 Å². The van der Waals surface area contributed by atoms with Gasteiger partial charge in [0.15, 0.2) is 6.61 Å². The molecule has 1 fully saturated rings. The van der Waals surface area contributed by atoms with Crippen molar-refractivity contribution in [1.29, 1.82) is 0 Å². The molecule has 0 spiro atoms. The van der Waals surface area contributed by atoms with E-state index < -0.39 is 0 Å². The monoisotopic (exact) mass is 449 g/mol. The van der Waals surface area contributed by atoms with E-state index in [2.05, 4.69) is 33.9 Å². The van der Waals surface area contributed by atoms with Crippen LogP contribution in [0.4, 0.5) is 5.82 Å². The van der Waals surface area contributed by atoms with E-state index in [1.165, 1.54) is 5.56 Å². The number of piperazine rings is 1. The molecule has 33 heavy (non-hydrogen) atoms. The summed E-state index contributed by atoms with van der Waals surface area (Å²) in [6.45, 7) is 11.1. The number of carbonyl (C=O) groups is 1. The van der Waals surface area contributed by atoms with E-state index in [1.807, 2.05) is 55.1 Å². The van der Waals surface area contributed by atoms with Crippen LogP contribution in [0.1, 0.15) is 51.0 Å². The number of pyridine rings is 1. The van der Waals surface area contributed by atoms with Crippen LogP contribution < -0.4 is 9.64 Å². The maximum atomic E-state index is 12.6. The first-order chi connectivity index (χ1) is 15.9. The van der Waals surface area contributed by atoms with E-state index in [4.69, 9.17) is 9.26 Å². The summed E-state index contributed by atoms with van der Waals surface area (Å²) in [4.78, 5) is 25.6. The van der Waals surface area contributed by atoms with Crippen molar-refractivity contribution in [3.05, 3.63) is 54.0 Å². The molecule has 0 N–H and O–H groups in total. The minimum absolute atomic E-state index is 0.00366. The summed E-state index contributed by atoms with van der Waals surface area (Å²) < 4.78 is 11.0. The fourth-order valence-corrected chi connectivity index (χ4v) is 3.66. The molecule has 174 valence electrons. The Hall–Kier alpha value is -3.42. The SMILES string of the molecule is CC(C)c1ccc(OCC(=O)N2CCN(c3ccc(-c4noc(C(C)C)n4)cn3)CC2)cc1. The van der Waals surface area contributed by atoms with E-state index in [1.54, 1.807) is 6.20 Å². The van der Waals surface area contributed by atoms with Crippen LogP contribution in [0.5, 0.6) is 5.75 Å². The summed E-state index contributed by atoms with van der Waals surface area (Å²) in [5, 5.41) is 4.03. The molecule has 1 amide bonds. The van der Waals surface area contributed by atoms with Crippen LogP contribution in [-0.2, 0) is 4.79 Å². The number of hydrogen-bond donors (Lipinski definition) is 0. The van der Waals surface area contributed by atoms with Gasteiger partial charge in [0.2, 0.25) is 11.7 Å². The van der Waals surface area contributed by atoms with Gasteiger partial charge in [-0.05, 0) is 35.7 Å². The molecule has 0 radical (unpaired) electrons. The second kappa shape index (κ2) is 10.0. The largest absolute Gasteiger partial charge is 0.484 e. The van der Waals surface area contributed by atoms with Crippen molar-refractivity contribution in [2.24, 2.45) is 0 Å². The van der Waals surface area contributed by atoms with Crippen LogP contribution in [0, 0.1) is 0 Å². The zero-order valence-electron chi connectivity index (χ0n) is 19.7. The third kappa shape index (κ3) is 5.50. The summed E-state index contributed by atoms with van der Waals surface area (Å²) in [5.41, 5.74) is 2.07. The van der Waals surface area contributed by atoms with Crippen molar-refractivity contribution in [1.82, 2.24) is 20.0 Å². The molecule has 1 aliphatic heterocycles. The number of rotatable bonds is 7. The van der Waals surface area contributed by atoms with Gasteiger partial charge < -0.3 is 19.1 Å². The molecule has 4 rings (SSSR count). The van der Waals surface area contributed by atoms with Crippen molar-refractivity contribution in [3.8, 4) is 17.1 Å². The highest BCUT2D eigenvalue weighted by Gasteiger charge is 2.22. The van der Waals surface area contributed by atoms with Crippen molar-refractivity contribution < 1.29 is 14.1 Å². The van der Waals surface area contributed by atoms with E-state index in [0.29, 0.717) is 30.7 Å². The van der Waals surface area contributed by atoms with Crippen molar-refractivity contribution >= 4 is 11.7 Å². The molecule has 0 unspecified atom stereocenters. The van der Waals surface area contributed by atoms with Crippen molar-refractivity contribution in [2.75, 3.05) is 37.7 Å². The number of anilines is 1. The van der Waals surface area contributed by atoms with Crippen LogP contribution in [0.2, 0.25) is 0 Å². The number of aromatic nitrogens is 3. The Bertz CT molecular complexity index is 1050. The minimum Gasteiger partial charge on any atom is -0.484 e. The zero-order valence-corrected chi connectivity index (χ0v) is 19.7. The maximum absolute atomic E-state index is 12.6. The highest BCUT2D eigenvalue weighted by Crippen LogP contribution is 2.22. The summed E-state index contributed by atoms with van der Waals surface area (Å²) in [6.07, 6.45) is 1.76. The lowest BCUT2D eigenvalue weighted by atomic mass is 10.0.